The van der Waals surface area contributed by atoms with Gasteiger partial charge >= 0.3 is 5.97 Å². The van der Waals surface area contributed by atoms with Crippen molar-refractivity contribution < 1.29 is 14.7 Å². The van der Waals surface area contributed by atoms with E-state index >= 15 is 0 Å². The van der Waals surface area contributed by atoms with Gasteiger partial charge in [0.05, 0.1) is 39.4 Å². The quantitative estimate of drug-likeness (QED) is 0.135. The van der Waals surface area contributed by atoms with Crippen molar-refractivity contribution >= 4 is 33.6 Å². The number of carbonyl (C=O) groups excluding carboxylic acids is 1. The van der Waals surface area contributed by atoms with Crippen LogP contribution >= 0.6 is 0 Å². The Bertz CT molecular complexity index is 2630. The van der Waals surface area contributed by atoms with Crippen LogP contribution in [-0.4, -0.2) is 46.8 Å². The van der Waals surface area contributed by atoms with Gasteiger partial charge in [0.1, 0.15) is 12.7 Å². The number of Topliss-reactive ketones (excluding diaryl/α,β-unsaturated/α-hetero) is 1. The summed E-state index contributed by atoms with van der Waals surface area (Å²) in [6.45, 7) is 1.62. The number of pyridine rings is 2. The molecule has 4 aromatic heterocycles. The number of rotatable bonds is 10. The SMILES string of the molecule is CC(=O)c1cc(C2CC2)cnc1Cc1cccc2c(-c3ccccc3)ncnc12.O=C(O)c1cc(C2CC2)cnc1Cc1cccc2c(-c3ccccc3)ncnc12. The summed E-state index contributed by atoms with van der Waals surface area (Å²) in [5.41, 5.74) is 12.2. The zero-order valence-electron chi connectivity index (χ0n) is 32.0. The molecule has 0 aliphatic heterocycles. The summed E-state index contributed by atoms with van der Waals surface area (Å²) in [6.07, 6.45) is 12.5. The van der Waals surface area contributed by atoms with Crippen molar-refractivity contribution in [3.05, 3.63) is 179 Å². The first kappa shape index (κ1) is 36.6. The zero-order valence-corrected chi connectivity index (χ0v) is 32.0. The molecule has 4 heterocycles. The first-order chi connectivity index (χ1) is 28.4. The van der Waals surface area contributed by atoms with Crippen LogP contribution in [0.1, 0.15) is 98.8 Å². The second-order valence-electron chi connectivity index (χ2n) is 15.1. The lowest BCUT2D eigenvalue weighted by molar-refractivity contribution is 0.0695. The van der Waals surface area contributed by atoms with Crippen molar-refractivity contribution in [2.75, 3.05) is 0 Å². The van der Waals surface area contributed by atoms with Gasteiger partial charge in [-0.05, 0) is 78.8 Å². The van der Waals surface area contributed by atoms with Crippen LogP contribution in [0.4, 0.5) is 0 Å². The van der Waals surface area contributed by atoms with Gasteiger partial charge in [0.25, 0.3) is 0 Å². The average molecular weight is 761 g/mol. The summed E-state index contributed by atoms with van der Waals surface area (Å²) in [6, 6.07) is 36.0. The number of aromatic nitrogens is 6. The summed E-state index contributed by atoms with van der Waals surface area (Å²) < 4.78 is 0. The third-order valence-electron chi connectivity index (χ3n) is 11.0. The van der Waals surface area contributed by atoms with Gasteiger partial charge in [-0.25, -0.2) is 24.7 Å². The minimum Gasteiger partial charge on any atom is -0.478 e. The normalized spacial score (nSPS) is 13.5. The van der Waals surface area contributed by atoms with E-state index in [4.69, 9.17) is 0 Å². The monoisotopic (exact) mass is 760 g/mol. The molecule has 284 valence electrons. The predicted molar refractivity (Wildman–Crippen MR) is 225 cm³/mol. The Kier molecular flexibility index (Phi) is 10.0. The summed E-state index contributed by atoms with van der Waals surface area (Å²) in [5.74, 6) is 0.173. The highest BCUT2D eigenvalue weighted by Gasteiger charge is 2.27. The first-order valence-electron chi connectivity index (χ1n) is 19.7. The number of hydrogen-bond donors (Lipinski definition) is 1. The molecule has 0 amide bonds. The van der Waals surface area contributed by atoms with Crippen molar-refractivity contribution in [1.29, 1.82) is 0 Å². The summed E-state index contributed by atoms with van der Waals surface area (Å²) >= 11 is 0. The molecule has 1 N–H and O–H groups in total. The fraction of sp³-hybridized carbons (Fsp3) is 0.184. The number of fused-ring (bicyclic) bond motifs is 2. The van der Waals surface area contributed by atoms with Crippen LogP contribution in [0.5, 0.6) is 0 Å². The summed E-state index contributed by atoms with van der Waals surface area (Å²) in [7, 11) is 0. The molecule has 2 aliphatic rings. The number of nitrogens with zero attached hydrogens (tertiary/aromatic N) is 6. The fourth-order valence-corrected chi connectivity index (χ4v) is 7.67. The lowest BCUT2D eigenvalue weighted by Crippen LogP contribution is -2.07. The van der Waals surface area contributed by atoms with E-state index < -0.39 is 5.97 Å². The van der Waals surface area contributed by atoms with Crippen LogP contribution < -0.4 is 0 Å². The highest BCUT2D eigenvalue weighted by molar-refractivity contribution is 5.97. The number of aromatic carboxylic acids is 1. The Labute approximate surface area is 336 Å². The molecule has 2 fully saturated rings. The van der Waals surface area contributed by atoms with Crippen LogP contribution in [0.2, 0.25) is 0 Å². The van der Waals surface area contributed by atoms with E-state index in [1.54, 1.807) is 25.6 Å². The average Bonchev–Trinajstić information content (AvgIpc) is 4.20. The first-order valence-corrected chi connectivity index (χ1v) is 19.7. The van der Waals surface area contributed by atoms with Gasteiger partial charge in [0, 0.05) is 52.7 Å². The third kappa shape index (κ3) is 7.71. The second kappa shape index (κ2) is 15.9. The Morgan fingerprint density at radius 2 is 1.00 bits per heavy atom. The molecule has 0 bridgehead atoms. The van der Waals surface area contributed by atoms with Crippen LogP contribution in [0.25, 0.3) is 44.3 Å². The van der Waals surface area contributed by atoms with Gasteiger partial charge in [-0.2, -0.15) is 0 Å². The van der Waals surface area contributed by atoms with E-state index in [-0.39, 0.29) is 11.3 Å². The third-order valence-corrected chi connectivity index (χ3v) is 11.0. The largest absolute Gasteiger partial charge is 0.478 e. The molecule has 10 rings (SSSR count). The smallest absolute Gasteiger partial charge is 0.337 e. The Balaban J connectivity index is 0.000000150. The van der Waals surface area contributed by atoms with Gasteiger partial charge in [-0.15, -0.1) is 0 Å². The maximum absolute atomic E-state index is 12.3. The van der Waals surface area contributed by atoms with E-state index in [1.165, 1.54) is 18.4 Å². The number of carboxylic acids is 1. The fourth-order valence-electron chi connectivity index (χ4n) is 7.67. The molecule has 0 radical (unpaired) electrons. The van der Waals surface area contributed by atoms with Gasteiger partial charge in [-0.1, -0.05) is 97.1 Å². The van der Waals surface area contributed by atoms with E-state index in [9.17, 15) is 14.7 Å². The number of carbonyl (C=O) groups is 2. The molecule has 9 nitrogen and oxygen atoms in total. The van der Waals surface area contributed by atoms with Crippen molar-refractivity contribution in [3.63, 3.8) is 0 Å². The van der Waals surface area contributed by atoms with Crippen LogP contribution in [0.15, 0.2) is 134 Å². The second-order valence-corrected chi connectivity index (χ2v) is 15.1. The van der Waals surface area contributed by atoms with E-state index in [2.05, 4.69) is 54.2 Å². The lowest BCUT2D eigenvalue weighted by atomic mass is 9.97. The number of carboxylic acid groups (broad SMARTS) is 1. The number of para-hydroxylation sites is 2. The molecule has 0 atom stereocenters. The molecule has 2 aliphatic carbocycles. The molecule has 9 heteroatoms. The molecule has 0 unspecified atom stereocenters. The van der Waals surface area contributed by atoms with Gasteiger partial charge in [0.15, 0.2) is 5.78 Å². The topological polar surface area (TPSA) is 132 Å². The molecule has 8 aromatic rings. The van der Waals surface area contributed by atoms with Gasteiger partial charge < -0.3 is 5.11 Å². The van der Waals surface area contributed by atoms with Crippen molar-refractivity contribution in [1.82, 2.24) is 29.9 Å². The van der Waals surface area contributed by atoms with Crippen molar-refractivity contribution in [3.8, 4) is 22.5 Å². The number of benzene rings is 4. The summed E-state index contributed by atoms with van der Waals surface area (Å²) in [4.78, 5) is 51.4. The van der Waals surface area contributed by atoms with Crippen molar-refractivity contribution in [2.24, 2.45) is 0 Å². The van der Waals surface area contributed by atoms with E-state index in [0.29, 0.717) is 30.4 Å². The van der Waals surface area contributed by atoms with Crippen molar-refractivity contribution in [2.45, 2.75) is 57.3 Å². The molecular formula is C49H40N6O3. The van der Waals surface area contributed by atoms with Crippen LogP contribution in [0.3, 0.4) is 0 Å². The molecule has 0 saturated heterocycles. The molecule has 0 spiro atoms. The standard InChI is InChI=1S/C25H21N3O.C24H19N3O2/c1-16(29)22-12-20(17-10-11-17)14-26-23(22)13-19-8-5-9-21-24(27-15-28-25(19)21)18-6-3-2-4-7-18;28-24(29)20-11-18(15-9-10-15)13-25-21(20)12-17-7-4-8-19-22(26-14-27-23(17)19)16-5-2-1-3-6-16/h2-9,12,14-15,17H,10-11,13H2,1H3;1-8,11,13-15H,9-10,12H2,(H,28,29). The maximum atomic E-state index is 12.3. The lowest BCUT2D eigenvalue weighted by Gasteiger charge is -2.12. The Morgan fingerprint density at radius 1 is 0.552 bits per heavy atom. The van der Waals surface area contributed by atoms with Crippen LogP contribution in [-0.2, 0) is 12.8 Å². The molecule has 4 aromatic carbocycles. The maximum Gasteiger partial charge on any atom is 0.337 e. The van der Waals surface area contributed by atoms with Gasteiger partial charge in [-0.3, -0.25) is 14.8 Å². The molecule has 58 heavy (non-hydrogen) atoms. The predicted octanol–water partition coefficient (Wildman–Crippen LogP) is 10.2. The van der Waals surface area contributed by atoms with E-state index in [1.807, 2.05) is 91.3 Å². The Morgan fingerprint density at radius 3 is 1.43 bits per heavy atom. The van der Waals surface area contributed by atoms with E-state index in [0.717, 1.165) is 85.1 Å². The Hall–Kier alpha value is -7.00. The zero-order chi connectivity index (χ0) is 39.6. The molecule has 2 saturated carbocycles. The molecular weight excluding hydrogens is 721 g/mol. The highest BCUT2D eigenvalue weighted by Crippen LogP contribution is 2.41. The minimum atomic E-state index is -0.935. The summed E-state index contributed by atoms with van der Waals surface area (Å²) in [5, 5.41) is 11.7. The number of hydrogen-bond acceptors (Lipinski definition) is 8. The highest BCUT2D eigenvalue weighted by atomic mass is 16.4. The van der Waals surface area contributed by atoms with Gasteiger partial charge in [0.2, 0.25) is 0 Å². The minimum absolute atomic E-state index is 0.0647. The van der Waals surface area contributed by atoms with Crippen LogP contribution in [0, 0.1) is 0 Å². The number of ketones is 1.